The van der Waals surface area contributed by atoms with Crippen LogP contribution in [0, 0.1) is 0 Å². The second-order valence-corrected chi connectivity index (χ2v) is 8.15. The summed E-state index contributed by atoms with van der Waals surface area (Å²) in [6.07, 6.45) is 2.73. The Balaban J connectivity index is 1.71. The van der Waals surface area contributed by atoms with E-state index in [-0.39, 0.29) is 23.7 Å². The van der Waals surface area contributed by atoms with Crippen molar-refractivity contribution >= 4 is 9.84 Å². The largest absolute Gasteiger partial charge is 0.374 e. The van der Waals surface area contributed by atoms with Crippen LogP contribution >= 0.6 is 0 Å². The van der Waals surface area contributed by atoms with E-state index in [9.17, 15) is 8.42 Å². The lowest BCUT2D eigenvalue weighted by Gasteiger charge is -2.35. The molecule has 3 atom stereocenters. The summed E-state index contributed by atoms with van der Waals surface area (Å²) in [6.45, 7) is 7.35. The Labute approximate surface area is 116 Å². The van der Waals surface area contributed by atoms with Crippen molar-refractivity contribution in [3.8, 4) is 0 Å². The first kappa shape index (κ1) is 15.2. The summed E-state index contributed by atoms with van der Waals surface area (Å²) in [6, 6.07) is 0.610. The minimum Gasteiger partial charge on any atom is -0.374 e. The van der Waals surface area contributed by atoms with E-state index >= 15 is 0 Å². The molecule has 0 amide bonds. The molecule has 1 N–H and O–H groups in total. The van der Waals surface area contributed by atoms with Gasteiger partial charge in [0.1, 0.15) is 0 Å². The Bertz CT molecular complexity index is 385. The maximum absolute atomic E-state index is 11.5. The summed E-state index contributed by atoms with van der Waals surface area (Å²) < 4.78 is 28.9. The molecule has 0 bridgehead atoms. The van der Waals surface area contributed by atoms with Crippen molar-refractivity contribution in [1.29, 1.82) is 0 Å². The van der Waals surface area contributed by atoms with Gasteiger partial charge in [-0.3, -0.25) is 4.90 Å². The van der Waals surface area contributed by atoms with E-state index in [2.05, 4.69) is 10.2 Å². The summed E-state index contributed by atoms with van der Waals surface area (Å²) >= 11 is 0. The molecule has 19 heavy (non-hydrogen) atoms. The molecule has 0 saturated carbocycles. The van der Waals surface area contributed by atoms with Crippen LogP contribution in [0.3, 0.4) is 0 Å². The summed E-state index contributed by atoms with van der Waals surface area (Å²) in [5.41, 5.74) is 0. The number of morpholine rings is 1. The molecule has 5 nitrogen and oxygen atoms in total. The van der Waals surface area contributed by atoms with E-state index in [4.69, 9.17) is 4.74 Å². The van der Waals surface area contributed by atoms with Crippen molar-refractivity contribution in [3.05, 3.63) is 0 Å². The minimum atomic E-state index is -2.90. The number of sulfone groups is 1. The fraction of sp³-hybridized carbons (Fsp3) is 1.00. The number of fused-ring (bicyclic) bond motifs is 1. The Hall–Kier alpha value is -0.170. The van der Waals surface area contributed by atoms with Crippen LogP contribution in [-0.4, -0.2) is 69.3 Å². The predicted molar refractivity (Wildman–Crippen MR) is 76.1 cm³/mol. The lowest BCUT2D eigenvalue weighted by atomic mass is 10.2. The van der Waals surface area contributed by atoms with E-state index in [1.54, 1.807) is 6.92 Å². The van der Waals surface area contributed by atoms with Gasteiger partial charge in [-0.2, -0.15) is 0 Å². The number of nitrogens with zero attached hydrogens (tertiary/aromatic N) is 1. The predicted octanol–water partition coefficient (Wildman–Crippen LogP) is 0.262. The van der Waals surface area contributed by atoms with Crippen molar-refractivity contribution in [2.24, 2.45) is 0 Å². The van der Waals surface area contributed by atoms with Gasteiger partial charge in [0, 0.05) is 30.9 Å². The molecule has 2 saturated heterocycles. The van der Waals surface area contributed by atoms with Crippen LogP contribution in [0.5, 0.6) is 0 Å². The number of hydrogen-bond acceptors (Lipinski definition) is 5. The maximum Gasteiger partial charge on any atom is 0.151 e. The van der Waals surface area contributed by atoms with E-state index in [1.165, 1.54) is 19.4 Å². The summed E-state index contributed by atoms with van der Waals surface area (Å²) in [7, 11) is -2.90. The Kier molecular flexibility index (Phi) is 5.22. The highest BCUT2D eigenvalue weighted by atomic mass is 32.2. The number of rotatable bonds is 6. The first-order valence-corrected chi connectivity index (χ1v) is 9.12. The molecule has 2 aliphatic heterocycles. The van der Waals surface area contributed by atoms with Gasteiger partial charge in [0.25, 0.3) is 0 Å². The normalized spacial score (nSPS) is 30.2. The maximum atomic E-state index is 11.5. The zero-order valence-electron chi connectivity index (χ0n) is 12.0. The van der Waals surface area contributed by atoms with Crippen LogP contribution in [0.4, 0.5) is 0 Å². The molecule has 0 aliphatic carbocycles. The van der Waals surface area contributed by atoms with Gasteiger partial charge >= 0.3 is 0 Å². The molecule has 0 aromatic rings. The molecule has 0 aromatic heterocycles. The van der Waals surface area contributed by atoms with E-state index in [1.807, 2.05) is 6.92 Å². The first-order valence-electron chi connectivity index (χ1n) is 7.29. The summed E-state index contributed by atoms with van der Waals surface area (Å²) in [4.78, 5) is 2.50. The van der Waals surface area contributed by atoms with Crippen molar-refractivity contribution in [2.45, 2.75) is 44.9 Å². The highest BCUT2D eigenvalue weighted by Gasteiger charge is 2.32. The van der Waals surface area contributed by atoms with Crippen LogP contribution in [0.25, 0.3) is 0 Å². The molecule has 0 aromatic carbocycles. The average Bonchev–Trinajstić information content (AvgIpc) is 2.83. The Morgan fingerprint density at radius 2 is 2.26 bits per heavy atom. The fourth-order valence-corrected chi connectivity index (χ4v) is 4.01. The molecule has 2 heterocycles. The zero-order chi connectivity index (χ0) is 13.9. The van der Waals surface area contributed by atoms with Gasteiger partial charge < -0.3 is 10.1 Å². The summed E-state index contributed by atoms with van der Waals surface area (Å²) in [5, 5.41) is 3.29. The Morgan fingerprint density at radius 1 is 1.47 bits per heavy atom. The van der Waals surface area contributed by atoms with Crippen LogP contribution in [0.1, 0.15) is 26.7 Å². The molecule has 2 aliphatic rings. The van der Waals surface area contributed by atoms with Crippen LogP contribution in [0.15, 0.2) is 0 Å². The lowest BCUT2D eigenvalue weighted by molar-refractivity contribution is -0.0475. The second-order valence-electron chi connectivity index (χ2n) is 5.75. The second kappa shape index (κ2) is 6.52. The smallest absolute Gasteiger partial charge is 0.151 e. The molecule has 0 spiro atoms. The number of ether oxygens (including phenoxy) is 1. The van der Waals surface area contributed by atoms with Gasteiger partial charge in [-0.15, -0.1) is 0 Å². The minimum absolute atomic E-state index is 0.00940. The van der Waals surface area contributed by atoms with E-state index in [0.29, 0.717) is 6.04 Å². The topological polar surface area (TPSA) is 58.6 Å². The van der Waals surface area contributed by atoms with Crippen molar-refractivity contribution in [1.82, 2.24) is 10.2 Å². The van der Waals surface area contributed by atoms with Gasteiger partial charge in [-0.05, 0) is 26.3 Å². The third-order valence-electron chi connectivity index (χ3n) is 4.10. The number of hydrogen-bond donors (Lipinski definition) is 1. The van der Waals surface area contributed by atoms with Gasteiger partial charge in [0.15, 0.2) is 9.84 Å². The van der Waals surface area contributed by atoms with Crippen molar-refractivity contribution < 1.29 is 13.2 Å². The third-order valence-corrected chi connectivity index (χ3v) is 5.99. The van der Waals surface area contributed by atoms with Gasteiger partial charge in [-0.1, -0.05) is 6.92 Å². The van der Waals surface area contributed by atoms with Crippen LogP contribution < -0.4 is 5.32 Å². The van der Waals surface area contributed by atoms with Gasteiger partial charge in [0.05, 0.1) is 18.5 Å². The monoisotopic (exact) mass is 290 g/mol. The average molecular weight is 290 g/mol. The molecular formula is C13H26N2O3S. The van der Waals surface area contributed by atoms with Gasteiger partial charge in [0.2, 0.25) is 0 Å². The first-order chi connectivity index (χ1) is 9.00. The van der Waals surface area contributed by atoms with E-state index < -0.39 is 9.84 Å². The standard InChI is InChI=1S/C13H26N2O3S/c1-3-19(16,17)10-11(2)14-7-13-8-15-6-4-5-12(15)9-18-13/h11-14H,3-10H2,1-2H3. The van der Waals surface area contributed by atoms with Gasteiger partial charge in [-0.25, -0.2) is 8.42 Å². The van der Waals surface area contributed by atoms with Crippen molar-refractivity contribution in [2.75, 3.05) is 37.7 Å². The van der Waals surface area contributed by atoms with Crippen molar-refractivity contribution in [3.63, 3.8) is 0 Å². The summed E-state index contributed by atoms with van der Waals surface area (Å²) in [5.74, 6) is 0.428. The molecule has 3 unspecified atom stereocenters. The Morgan fingerprint density at radius 3 is 3.00 bits per heavy atom. The molecule has 112 valence electrons. The number of nitrogens with one attached hydrogen (secondary N) is 1. The molecule has 6 heteroatoms. The van der Waals surface area contributed by atoms with Crippen LogP contribution in [-0.2, 0) is 14.6 Å². The molecule has 2 fully saturated rings. The molecule has 0 radical (unpaired) electrons. The SMILES string of the molecule is CCS(=O)(=O)CC(C)NCC1CN2CCCC2CO1. The zero-order valence-corrected chi connectivity index (χ0v) is 12.8. The van der Waals surface area contributed by atoms with Crippen LogP contribution in [0.2, 0.25) is 0 Å². The molecule has 2 rings (SSSR count). The lowest BCUT2D eigenvalue weighted by Crippen LogP contribution is -2.50. The fourth-order valence-electron chi connectivity index (χ4n) is 2.90. The molecular weight excluding hydrogens is 264 g/mol. The third kappa shape index (κ3) is 4.41. The highest BCUT2D eigenvalue weighted by molar-refractivity contribution is 7.91. The highest BCUT2D eigenvalue weighted by Crippen LogP contribution is 2.22. The quantitative estimate of drug-likeness (QED) is 0.760. The van der Waals surface area contributed by atoms with E-state index in [0.717, 1.165) is 19.7 Å².